The highest BCUT2D eigenvalue weighted by molar-refractivity contribution is 7.22. The zero-order valence-corrected chi connectivity index (χ0v) is 18.6. The van der Waals surface area contributed by atoms with Gasteiger partial charge in [0.25, 0.3) is 5.91 Å². The number of rotatable bonds is 3. The highest BCUT2D eigenvalue weighted by Gasteiger charge is 2.28. The van der Waals surface area contributed by atoms with Crippen molar-refractivity contribution in [1.29, 1.82) is 0 Å². The molecule has 5 rings (SSSR count). The van der Waals surface area contributed by atoms with Crippen molar-refractivity contribution in [2.45, 2.75) is 6.92 Å². The number of likely N-dealkylation sites (N-methyl/N-ethyl adjacent to an activating group) is 1. The van der Waals surface area contributed by atoms with Crippen molar-refractivity contribution in [3.8, 4) is 16.2 Å². The lowest BCUT2D eigenvalue weighted by Gasteiger charge is -2.32. The number of anilines is 1. The number of ether oxygens (including phenoxy) is 1. The second-order valence-corrected chi connectivity index (χ2v) is 9.00. The Balaban J connectivity index is 1.71. The normalized spacial score (nSPS) is 15.1. The van der Waals surface area contributed by atoms with Gasteiger partial charge in [-0.15, -0.1) is 11.3 Å². The third-order valence-corrected chi connectivity index (χ3v) is 7.00. The number of piperazine rings is 1. The molecule has 4 aromatic rings. The number of hydrogen-bond acceptors (Lipinski definition) is 7. The predicted octanol–water partition coefficient (Wildman–Crippen LogP) is 2.90. The van der Waals surface area contributed by atoms with Gasteiger partial charge in [0.1, 0.15) is 17.6 Å². The van der Waals surface area contributed by atoms with Crippen LogP contribution in [0.3, 0.4) is 0 Å². The number of hydrogen-bond donors (Lipinski definition) is 1. The van der Waals surface area contributed by atoms with E-state index in [1.807, 2.05) is 17.9 Å². The number of carbonyl (C=O) groups excluding carboxylic acids is 1. The summed E-state index contributed by atoms with van der Waals surface area (Å²) in [6.07, 6.45) is 3.18. The number of nitrogen functional groups attached to an aromatic ring is 1. The molecule has 1 aromatic carbocycles. The highest BCUT2D eigenvalue weighted by atomic mass is 32.1. The second kappa shape index (κ2) is 7.51. The number of aromatic nitrogens is 3. The minimum Gasteiger partial charge on any atom is -0.495 e. The summed E-state index contributed by atoms with van der Waals surface area (Å²) >= 11 is 1.59. The smallest absolute Gasteiger partial charge is 0.256 e. The summed E-state index contributed by atoms with van der Waals surface area (Å²) in [6, 6.07) is 6.24. The van der Waals surface area contributed by atoms with Crippen molar-refractivity contribution in [1.82, 2.24) is 24.4 Å². The van der Waals surface area contributed by atoms with Gasteiger partial charge in [0.05, 0.1) is 17.4 Å². The average molecular weight is 437 g/mol. The van der Waals surface area contributed by atoms with E-state index in [0.29, 0.717) is 30.0 Å². The minimum absolute atomic E-state index is 0.00592. The Morgan fingerprint density at radius 2 is 1.97 bits per heavy atom. The van der Waals surface area contributed by atoms with E-state index >= 15 is 0 Å². The van der Waals surface area contributed by atoms with Crippen LogP contribution in [0.2, 0.25) is 0 Å². The molecular weight excluding hydrogens is 412 g/mol. The number of nitrogens with two attached hydrogens (primary N) is 1. The third-order valence-electron chi connectivity index (χ3n) is 5.82. The molecule has 1 aliphatic heterocycles. The summed E-state index contributed by atoms with van der Waals surface area (Å²) in [6.45, 7) is 5.15. The lowest BCUT2D eigenvalue weighted by molar-refractivity contribution is 0.0665. The fourth-order valence-electron chi connectivity index (χ4n) is 4.17. The topological polar surface area (TPSA) is 89.0 Å². The summed E-state index contributed by atoms with van der Waals surface area (Å²) in [5, 5.41) is 5.39. The van der Waals surface area contributed by atoms with E-state index in [-0.39, 0.29) is 5.91 Å². The number of aryl methyl sites for hydroxylation is 1. The monoisotopic (exact) mass is 436 g/mol. The lowest BCUT2D eigenvalue weighted by Crippen LogP contribution is -2.47. The quantitative estimate of drug-likeness (QED) is 0.531. The van der Waals surface area contributed by atoms with E-state index < -0.39 is 0 Å². The number of methoxy groups -OCH3 is 1. The lowest BCUT2D eigenvalue weighted by atomic mass is 10.1. The zero-order valence-electron chi connectivity index (χ0n) is 17.8. The van der Waals surface area contributed by atoms with Gasteiger partial charge in [-0.05, 0) is 37.1 Å². The molecule has 0 unspecified atom stereocenters. The maximum absolute atomic E-state index is 13.6. The van der Waals surface area contributed by atoms with Crippen LogP contribution < -0.4 is 10.5 Å². The SMILES string of the molecule is COc1cc(C)cc2cc(-c3c(C(=O)N4CCN(C)CC4)cn4ncnc(N)c34)sc12. The summed E-state index contributed by atoms with van der Waals surface area (Å²) < 4.78 is 8.31. The second-order valence-electron chi connectivity index (χ2n) is 7.95. The number of nitrogens with zero attached hydrogens (tertiary/aromatic N) is 5. The standard InChI is InChI=1S/C22H24N6O2S/c1-13-8-14-10-17(31-20(14)16(9-13)30-3)18-15(11-28-19(18)21(23)24-12-25-28)22(29)27-6-4-26(2)5-7-27/h8-12H,4-7H2,1-3H3,(H2,23,24,25). The van der Waals surface area contributed by atoms with Crippen molar-refractivity contribution in [3.05, 3.63) is 41.9 Å². The van der Waals surface area contributed by atoms with Gasteiger partial charge in [0.15, 0.2) is 5.82 Å². The van der Waals surface area contributed by atoms with Crippen LogP contribution in [0.1, 0.15) is 15.9 Å². The molecule has 0 bridgehead atoms. The molecule has 1 amide bonds. The van der Waals surface area contributed by atoms with Crippen molar-refractivity contribution in [2.24, 2.45) is 0 Å². The van der Waals surface area contributed by atoms with E-state index in [1.165, 1.54) is 6.33 Å². The third kappa shape index (κ3) is 3.30. The number of carbonyl (C=O) groups is 1. The Morgan fingerprint density at radius 3 is 2.71 bits per heavy atom. The Kier molecular flexibility index (Phi) is 4.79. The van der Waals surface area contributed by atoms with E-state index in [0.717, 1.165) is 44.9 Å². The van der Waals surface area contributed by atoms with Gasteiger partial charge in [0.2, 0.25) is 0 Å². The average Bonchev–Trinajstić information content (AvgIpc) is 3.35. The minimum atomic E-state index is -0.00592. The van der Waals surface area contributed by atoms with Gasteiger partial charge in [-0.1, -0.05) is 6.07 Å². The first kappa shape index (κ1) is 19.8. The molecule has 2 N–H and O–H groups in total. The fourth-order valence-corrected chi connectivity index (χ4v) is 5.36. The van der Waals surface area contributed by atoms with Gasteiger partial charge >= 0.3 is 0 Å². The molecule has 0 aliphatic carbocycles. The Labute approximate surface area is 183 Å². The van der Waals surface area contributed by atoms with Crippen molar-refractivity contribution >= 4 is 38.7 Å². The molecule has 4 heterocycles. The summed E-state index contributed by atoms with van der Waals surface area (Å²) in [5.74, 6) is 1.17. The van der Waals surface area contributed by atoms with Crippen molar-refractivity contribution in [2.75, 3.05) is 46.1 Å². The molecule has 1 aliphatic rings. The van der Waals surface area contributed by atoms with Crippen LogP contribution in [0.4, 0.5) is 5.82 Å². The molecule has 1 saturated heterocycles. The van der Waals surface area contributed by atoms with Crippen LogP contribution in [0.25, 0.3) is 26.0 Å². The summed E-state index contributed by atoms with van der Waals surface area (Å²) in [5.41, 5.74) is 9.40. The molecule has 3 aromatic heterocycles. The molecule has 160 valence electrons. The Morgan fingerprint density at radius 1 is 1.19 bits per heavy atom. The van der Waals surface area contributed by atoms with Gasteiger partial charge < -0.3 is 20.3 Å². The number of fused-ring (bicyclic) bond motifs is 2. The molecule has 0 spiro atoms. The maximum atomic E-state index is 13.6. The van der Waals surface area contributed by atoms with Crippen LogP contribution in [-0.2, 0) is 0 Å². The zero-order chi connectivity index (χ0) is 21.7. The van der Waals surface area contributed by atoms with Gasteiger partial charge in [-0.2, -0.15) is 5.10 Å². The highest BCUT2D eigenvalue weighted by Crippen LogP contribution is 2.43. The van der Waals surface area contributed by atoms with Crippen molar-refractivity contribution < 1.29 is 9.53 Å². The molecular formula is C22H24N6O2S. The van der Waals surface area contributed by atoms with E-state index in [4.69, 9.17) is 10.5 Å². The van der Waals surface area contributed by atoms with Crippen LogP contribution in [0.15, 0.2) is 30.7 Å². The molecule has 31 heavy (non-hydrogen) atoms. The van der Waals surface area contributed by atoms with E-state index in [2.05, 4.69) is 34.2 Å². The molecule has 9 heteroatoms. The molecule has 1 fully saturated rings. The first-order valence-corrected chi connectivity index (χ1v) is 11.0. The largest absolute Gasteiger partial charge is 0.495 e. The molecule has 0 radical (unpaired) electrons. The van der Waals surface area contributed by atoms with E-state index in [9.17, 15) is 4.79 Å². The first-order chi connectivity index (χ1) is 15.0. The molecule has 0 saturated carbocycles. The maximum Gasteiger partial charge on any atom is 0.256 e. The van der Waals surface area contributed by atoms with Crippen LogP contribution in [-0.4, -0.2) is 70.6 Å². The number of thiophene rings is 1. The fraction of sp³-hybridized carbons (Fsp3) is 0.318. The van der Waals surface area contributed by atoms with Gasteiger partial charge in [-0.3, -0.25) is 4.79 Å². The van der Waals surface area contributed by atoms with Crippen molar-refractivity contribution in [3.63, 3.8) is 0 Å². The van der Waals surface area contributed by atoms with Crippen LogP contribution in [0.5, 0.6) is 5.75 Å². The van der Waals surface area contributed by atoms with Crippen LogP contribution in [0, 0.1) is 6.92 Å². The van der Waals surface area contributed by atoms with E-state index in [1.54, 1.807) is 29.2 Å². The molecule has 0 atom stereocenters. The Bertz CT molecular complexity index is 1300. The van der Waals surface area contributed by atoms with Gasteiger partial charge in [-0.25, -0.2) is 9.50 Å². The number of benzene rings is 1. The summed E-state index contributed by atoms with van der Waals surface area (Å²) in [4.78, 5) is 22.8. The van der Waals surface area contributed by atoms with Gasteiger partial charge in [0, 0.05) is 42.8 Å². The predicted molar refractivity (Wildman–Crippen MR) is 123 cm³/mol. The number of amides is 1. The summed E-state index contributed by atoms with van der Waals surface area (Å²) in [7, 11) is 3.75. The molecule has 8 nitrogen and oxygen atoms in total. The van der Waals surface area contributed by atoms with Crippen LogP contribution >= 0.6 is 11.3 Å². The Hall–Kier alpha value is -3.17. The first-order valence-electron chi connectivity index (χ1n) is 10.1.